The third kappa shape index (κ3) is 6.33. The van der Waals surface area contributed by atoms with Crippen LogP contribution in [0.5, 0.6) is 0 Å². The summed E-state index contributed by atoms with van der Waals surface area (Å²) < 4.78 is 27.3. The molecule has 142 valence electrons. The van der Waals surface area contributed by atoms with Crippen molar-refractivity contribution in [2.75, 3.05) is 24.4 Å². The topological polar surface area (TPSA) is 87.3 Å². The molecule has 0 spiro atoms. The number of sulfonamides is 1. The third-order valence-corrected chi connectivity index (χ3v) is 4.97. The van der Waals surface area contributed by atoms with Crippen molar-refractivity contribution in [3.05, 3.63) is 59.7 Å². The Kier molecular flexibility index (Phi) is 8.57. The molecule has 0 heterocycles. The van der Waals surface area contributed by atoms with Gasteiger partial charge in [0, 0.05) is 24.3 Å². The van der Waals surface area contributed by atoms with E-state index in [1.807, 2.05) is 26.0 Å². The summed E-state index contributed by atoms with van der Waals surface area (Å²) in [5.41, 5.74) is 1.97. The van der Waals surface area contributed by atoms with Gasteiger partial charge in [0.15, 0.2) is 0 Å². The Morgan fingerprint density at radius 3 is 2.15 bits per heavy atom. The summed E-state index contributed by atoms with van der Waals surface area (Å²) in [4.78, 5) is 12.1. The van der Waals surface area contributed by atoms with Crippen LogP contribution in [0.2, 0.25) is 0 Å². The zero-order valence-electron chi connectivity index (χ0n) is 14.8. The normalized spacial score (nSPS) is 10.7. The summed E-state index contributed by atoms with van der Waals surface area (Å²) in [6.07, 6.45) is 0. The van der Waals surface area contributed by atoms with E-state index < -0.39 is 10.0 Å². The van der Waals surface area contributed by atoms with Crippen molar-refractivity contribution in [3.8, 4) is 0 Å². The maximum Gasteiger partial charge on any atom is 0.261 e. The predicted octanol–water partition coefficient (Wildman–Crippen LogP) is 2.56. The number of anilines is 1. The van der Waals surface area contributed by atoms with Crippen LogP contribution in [-0.2, 0) is 10.0 Å². The number of aryl methyl sites for hydroxylation is 1. The highest BCUT2D eigenvalue weighted by Crippen LogP contribution is 2.17. The van der Waals surface area contributed by atoms with Gasteiger partial charge in [-0.2, -0.15) is 0 Å². The van der Waals surface area contributed by atoms with E-state index in [0.29, 0.717) is 24.3 Å². The molecular formula is C18H24ClN3O3S. The summed E-state index contributed by atoms with van der Waals surface area (Å²) >= 11 is 0. The Morgan fingerprint density at radius 1 is 0.962 bits per heavy atom. The van der Waals surface area contributed by atoms with Crippen molar-refractivity contribution in [3.63, 3.8) is 0 Å². The number of hydrogen-bond donors (Lipinski definition) is 3. The lowest BCUT2D eigenvalue weighted by Gasteiger charge is -2.09. The van der Waals surface area contributed by atoms with Crippen molar-refractivity contribution < 1.29 is 13.2 Å². The van der Waals surface area contributed by atoms with Gasteiger partial charge >= 0.3 is 0 Å². The largest absolute Gasteiger partial charge is 0.351 e. The molecule has 2 rings (SSSR count). The highest BCUT2D eigenvalue weighted by molar-refractivity contribution is 7.92. The molecule has 0 fully saturated rings. The lowest BCUT2D eigenvalue weighted by molar-refractivity contribution is 0.0954. The maximum atomic E-state index is 12.4. The van der Waals surface area contributed by atoms with Crippen molar-refractivity contribution in [2.24, 2.45) is 0 Å². The minimum Gasteiger partial charge on any atom is -0.351 e. The van der Waals surface area contributed by atoms with Gasteiger partial charge < -0.3 is 10.6 Å². The third-order valence-electron chi connectivity index (χ3n) is 3.57. The molecule has 2 aromatic carbocycles. The molecule has 2 aromatic rings. The molecule has 0 bridgehead atoms. The van der Waals surface area contributed by atoms with E-state index in [2.05, 4.69) is 15.4 Å². The summed E-state index contributed by atoms with van der Waals surface area (Å²) in [6.45, 7) is 5.97. The monoisotopic (exact) mass is 397 g/mol. The van der Waals surface area contributed by atoms with E-state index in [1.165, 1.54) is 24.3 Å². The molecule has 0 saturated heterocycles. The second kappa shape index (κ2) is 10.2. The Morgan fingerprint density at radius 2 is 1.58 bits per heavy atom. The van der Waals surface area contributed by atoms with E-state index in [0.717, 1.165) is 12.1 Å². The van der Waals surface area contributed by atoms with E-state index in [1.54, 1.807) is 12.1 Å². The second-order valence-electron chi connectivity index (χ2n) is 5.61. The zero-order chi connectivity index (χ0) is 18.3. The molecule has 6 nitrogen and oxygen atoms in total. The summed E-state index contributed by atoms with van der Waals surface area (Å²) in [5.74, 6) is -0.228. The summed E-state index contributed by atoms with van der Waals surface area (Å²) in [6, 6.07) is 12.9. The fourth-order valence-corrected chi connectivity index (χ4v) is 3.22. The second-order valence-corrected chi connectivity index (χ2v) is 7.29. The Bertz CT molecular complexity index is 807. The SMILES string of the molecule is CCNCCNC(=O)c1ccc(S(=O)(=O)Nc2ccc(C)cc2)cc1.Cl. The standard InChI is InChI=1S/C18H23N3O3S.ClH/c1-3-19-12-13-20-18(22)15-6-10-17(11-7-15)25(23,24)21-16-8-4-14(2)5-9-16;/h4-11,19,21H,3,12-13H2,1-2H3,(H,20,22);1H. The van der Waals surface area contributed by atoms with Crippen LogP contribution in [0.25, 0.3) is 0 Å². The molecule has 1 amide bonds. The average molecular weight is 398 g/mol. The number of hydrogen-bond acceptors (Lipinski definition) is 4. The van der Waals surface area contributed by atoms with Crippen LogP contribution in [0.4, 0.5) is 5.69 Å². The van der Waals surface area contributed by atoms with E-state index in [-0.39, 0.29) is 23.2 Å². The molecule has 0 radical (unpaired) electrons. The van der Waals surface area contributed by atoms with Crippen LogP contribution >= 0.6 is 12.4 Å². The van der Waals surface area contributed by atoms with Crippen LogP contribution in [0.1, 0.15) is 22.8 Å². The molecule has 8 heteroatoms. The number of carbonyl (C=O) groups excluding carboxylic acids is 1. The molecule has 0 aliphatic carbocycles. The minimum atomic E-state index is -3.68. The van der Waals surface area contributed by atoms with Crippen molar-refractivity contribution >= 4 is 34.0 Å². The molecule has 0 atom stereocenters. The fourth-order valence-electron chi connectivity index (χ4n) is 2.16. The fraction of sp³-hybridized carbons (Fsp3) is 0.278. The molecule has 0 aliphatic rings. The molecule has 26 heavy (non-hydrogen) atoms. The van der Waals surface area contributed by atoms with Crippen molar-refractivity contribution in [1.82, 2.24) is 10.6 Å². The number of likely N-dealkylation sites (N-methyl/N-ethyl adjacent to an activating group) is 1. The number of carbonyl (C=O) groups is 1. The minimum absolute atomic E-state index is 0. The predicted molar refractivity (Wildman–Crippen MR) is 107 cm³/mol. The molecule has 0 saturated carbocycles. The number of halogens is 1. The van der Waals surface area contributed by atoms with Gasteiger partial charge in [-0.1, -0.05) is 24.6 Å². The lowest BCUT2D eigenvalue weighted by Crippen LogP contribution is -2.31. The Balaban J connectivity index is 0.00000338. The zero-order valence-corrected chi connectivity index (χ0v) is 16.4. The van der Waals surface area contributed by atoms with Gasteiger partial charge in [-0.25, -0.2) is 8.42 Å². The quantitative estimate of drug-likeness (QED) is 0.597. The number of rotatable bonds is 8. The van der Waals surface area contributed by atoms with Crippen LogP contribution in [0.3, 0.4) is 0 Å². The molecule has 0 aliphatic heterocycles. The Hall–Kier alpha value is -2.09. The van der Waals surface area contributed by atoms with Crippen LogP contribution in [0, 0.1) is 6.92 Å². The van der Waals surface area contributed by atoms with Crippen LogP contribution in [0.15, 0.2) is 53.4 Å². The van der Waals surface area contributed by atoms with Gasteiger partial charge in [-0.15, -0.1) is 12.4 Å². The smallest absolute Gasteiger partial charge is 0.261 e. The van der Waals surface area contributed by atoms with Crippen molar-refractivity contribution in [2.45, 2.75) is 18.7 Å². The first-order valence-electron chi connectivity index (χ1n) is 8.11. The molecule has 0 unspecified atom stereocenters. The number of nitrogens with one attached hydrogen (secondary N) is 3. The number of amides is 1. The van der Waals surface area contributed by atoms with Gasteiger partial charge in [-0.05, 0) is 49.9 Å². The first kappa shape index (κ1) is 22.0. The van der Waals surface area contributed by atoms with E-state index in [4.69, 9.17) is 0 Å². The van der Waals surface area contributed by atoms with Gasteiger partial charge in [0.05, 0.1) is 4.90 Å². The highest BCUT2D eigenvalue weighted by Gasteiger charge is 2.15. The summed E-state index contributed by atoms with van der Waals surface area (Å²) in [5, 5.41) is 5.88. The van der Waals surface area contributed by atoms with Crippen LogP contribution in [-0.4, -0.2) is 34.0 Å². The van der Waals surface area contributed by atoms with Gasteiger partial charge in [0.1, 0.15) is 0 Å². The highest BCUT2D eigenvalue weighted by atomic mass is 35.5. The van der Waals surface area contributed by atoms with E-state index in [9.17, 15) is 13.2 Å². The van der Waals surface area contributed by atoms with Crippen molar-refractivity contribution in [1.29, 1.82) is 0 Å². The lowest BCUT2D eigenvalue weighted by atomic mass is 10.2. The van der Waals surface area contributed by atoms with Gasteiger partial charge in [0.25, 0.3) is 15.9 Å². The average Bonchev–Trinajstić information content (AvgIpc) is 2.60. The first-order chi connectivity index (χ1) is 11.9. The maximum absolute atomic E-state index is 12.4. The summed E-state index contributed by atoms with van der Waals surface area (Å²) in [7, 11) is -3.68. The van der Waals surface area contributed by atoms with Gasteiger partial charge in [-0.3, -0.25) is 9.52 Å². The van der Waals surface area contributed by atoms with Gasteiger partial charge in [0.2, 0.25) is 0 Å². The molecule has 0 aromatic heterocycles. The first-order valence-corrected chi connectivity index (χ1v) is 9.59. The van der Waals surface area contributed by atoms with E-state index >= 15 is 0 Å². The molecular weight excluding hydrogens is 374 g/mol. The molecule has 3 N–H and O–H groups in total. The van der Waals surface area contributed by atoms with Crippen LogP contribution < -0.4 is 15.4 Å². The Labute approximate surface area is 160 Å². The number of benzene rings is 2.